The maximum absolute atomic E-state index is 3.79. The molecule has 0 atom stereocenters. The van der Waals surface area contributed by atoms with Crippen LogP contribution < -0.4 is 21.8 Å². The van der Waals surface area contributed by atoms with Gasteiger partial charge in [-0.3, -0.25) is 0 Å². The van der Waals surface area contributed by atoms with Crippen LogP contribution in [0.1, 0.15) is 13.8 Å². The van der Waals surface area contributed by atoms with Crippen molar-refractivity contribution in [2.75, 3.05) is 0 Å². The molecule has 0 saturated heterocycles. The van der Waals surface area contributed by atoms with Crippen LogP contribution in [0.3, 0.4) is 0 Å². The maximum atomic E-state index is 3.79. The molecule has 0 radical (unpaired) electrons. The van der Waals surface area contributed by atoms with E-state index in [9.17, 15) is 0 Å². The molecule has 0 aromatic heterocycles. The van der Waals surface area contributed by atoms with Crippen LogP contribution in [0.15, 0.2) is 0 Å². The van der Waals surface area contributed by atoms with Gasteiger partial charge in [-0.25, -0.2) is 0 Å². The van der Waals surface area contributed by atoms with Crippen molar-refractivity contribution in [1.82, 2.24) is 0 Å². The summed E-state index contributed by atoms with van der Waals surface area (Å²) in [5.74, 6) is 0. The van der Waals surface area contributed by atoms with Gasteiger partial charge in [0.1, 0.15) is 0 Å². The third-order valence-corrected chi connectivity index (χ3v) is 1.64. The van der Waals surface area contributed by atoms with Crippen molar-refractivity contribution in [1.29, 1.82) is 0 Å². The van der Waals surface area contributed by atoms with Gasteiger partial charge in [0, 0.05) is 0 Å². The Hall–Kier alpha value is -0.290. The second-order valence-corrected chi connectivity index (χ2v) is 2.09. The first-order valence-electron chi connectivity index (χ1n) is 1.79. The Balaban J connectivity index is 3.21. The van der Waals surface area contributed by atoms with Crippen molar-refractivity contribution < 1.29 is 21.8 Å². The molecule has 0 N–H and O–H groups in total. The molecule has 3 heteroatoms. The minimum atomic E-state index is -0.347. The molecule has 0 saturated carbocycles. The van der Waals surface area contributed by atoms with Gasteiger partial charge in [0.15, 0.2) is 0 Å². The average Bonchev–Trinajstić information content (AvgIpc) is 1.69. The molecule has 7 heavy (non-hydrogen) atoms. The Morgan fingerprint density at radius 1 is 1.14 bits per heavy atom. The van der Waals surface area contributed by atoms with Gasteiger partial charge in [0.25, 0.3) is 0 Å². The van der Waals surface area contributed by atoms with E-state index in [4.69, 9.17) is 0 Å². The van der Waals surface area contributed by atoms with Crippen molar-refractivity contribution in [2.24, 2.45) is 0 Å². The first kappa shape index (κ1) is 6.71. The topological polar surface area (TPSA) is 8.72 Å². The number of rotatable bonds is 0. The fourth-order valence-electron chi connectivity index (χ4n) is 0.0945. The van der Waals surface area contributed by atoms with E-state index >= 15 is 0 Å². The molecule has 0 rings (SSSR count). The summed E-state index contributed by atoms with van der Waals surface area (Å²) < 4.78 is 7.58. The predicted molar refractivity (Wildman–Crippen MR) is 25.8 cm³/mol. The Kier molecular flexibility index (Phi) is 5.47. The molecule has 0 spiro atoms. The van der Waals surface area contributed by atoms with E-state index in [0.717, 1.165) is 0 Å². The molecule has 0 heterocycles. The molecule has 0 aliphatic carbocycles. The molecule has 38 valence electrons. The molecular weight excluding hydrogens is 203 g/mol. The quantitative estimate of drug-likeness (QED) is 0.434. The van der Waals surface area contributed by atoms with Crippen LogP contribution in [-0.2, 0) is 0 Å². The van der Waals surface area contributed by atoms with Gasteiger partial charge in [-0.2, -0.15) is 0 Å². The molecule has 0 aromatic carbocycles. The van der Waals surface area contributed by atoms with Crippen molar-refractivity contribution in [3.63, 3.8) is 0 Å². The molecule has 0 bridgehead atoms. The number of hydrogen-bond acceptors (Lipinski definition) is 0. The van der Waals surface area contributed by atoms with Gasteiger partial charge < -0.3 is 0 Å². The van der Waals surface area contributed by atoms with E-state index in [0.29, 0.717) is 0 Å². The van der Waals surface area contributed by atoms with Crippen LogP contribution in [0.5, 0.6) is 0 Å². The van der Waals surface area contributed by atoms with Crippen LogP contribution in [0.2, 0.25) is 0 Å². The Morgan fingerprint density at radius 3 is 1.86 bits per heavy atom. The molecule has 0 amide bonds. The van der Waals surface area contributed by atoms with Crippen LogP contribution in [0.25, 0.3) is 6.12 Å². The summed E-state index contributed by atoms with van der Waals surface area (Å²) in [7, 11) is 0. The SMILES string of the molecule is CC#[N+][I-][N+]#CC. The molecule has 0 aliphatic rings. The molecular formula is C4H6IN2+. The summed E-state index contributed by atoms with van der Waals surface area (Å²) in [5.41, 5.74) is 0. The van der Waals surface area contributed by atoms with Crippen LogP contribution in [0, 0.1) is 12.1 Å². The zero-order valence-electron chi connectivity index (χ0n) is 4.27. The second-order valence-electron chi connectivity index (χ2n) is 0.692. The van der Waals surface area contributed by atoms with Gasteiger partial charge in [-0.05, 0) is 0 Å². The Bertz CT molecular complexity index is 125. The van der Waals surface area contributed by atoms with E-state index in [1.165, 1.54) is 0 Å². The number of nitrogens with zero attached hydrogens (tertiary/aromatic N) is 2. The number of hydrogen-bond donors (Lipinski definition) is 0. The third-order valence-electron chi connectivity index (χ3n) is 0.245. The summed E-state index contributed by atoms with van der Waals surface area (Å²) in [6, 6.07) is 5.29. The van der Waals surface area contributed by atoms with Crippen molar-refractivity contribution >= 4 is 0 Å². The summed E-state index contributed by atoms with van der Waals surface area (Å²) in [6.07, 6.45) is 0. The van der Waals surface area contributed by atoms with E-state index in [2.05, 4.69) is 18.3 Å². The predicted octanol–water partition coefficient (Wildman–Crippen LogP) is -1.39. The fraction of sp³-hybridized carbons (Fsp3) is 0.500. The zero-order valence-corrected chi connectivity index (χ0v) is 6.43. The van der Waals surface area contributed by atoms with Crippen molar-refractivity contribution in [3.8, 4) is 12.1 Å². The van der Waals surface area contributed by atoms with E-state index in [1.807, 2.05) is 0 Å². The van der Waals surface area contributed by atoms with Gasteiger partial charge in [0.2, 0.25) is 0 Å². The molecule has 0 fully saturated rings. The molecule has 0 aromatic rings. The summed E-state index contributed by atoms with van der Waals surface area (Å²) in [4.78, 5) is 0. The summed E-state index contributed by atoms with van der Waals surface area (Å²) in [6.45, 7) is 3.54. The molecule has 0 aliphatic heterocycles. The van der Waals surface area contributed by atoms with Crippen LogP contribution in [0.4, 0.5) is 0 Å². The Labute approximate surface area is 54.1 Å². The standard InChI is InChI=1S/C4H6IN2/c1-3-6-5-7-4-2/h1-2H3/q+1. The minimum absolute atomic E-state index is 0.347. The second kappa shape index (κ2) is 5.71. The van der Waals surface area contributed by atoms with Gasteiger partial charge in [0.05, 0.1) is 0 Å². The summed E-state index contributed by atoms with van der Waals surface area (Å²) >= 11 is -0.347. The first-order chi connectivity index (χ1) is 3.41. The van der Waals surface area contributed by atoms with Gasteiger partial charge >= 0.3 is 53.9 Å². The monoisotopic (exact) mass is 209 g/mol. The van der Waals surface area contributed by atoms with Gasteiger partial charge in [-0.15, -0.1) is 0 Å². The van der Waals surface area contributed by atoms with Gasteiger partial charge in [-0.1, -0.05) is 0 Å². The van der Waals surface area contributed by atoms with E-state index < -0.39 is 0 Å². The Morgan fingerprint density at radius 2 is 1.57 bits per heavy atom. The third kappa shape index (κ3) is 5.71. The fourth-order valence-corrected chi connectivity index (χ4v) is 0.634. The zero-order chi connectivity index (χ0) is 5.54. The van der Waals surface area contributed by atoms with Crippen LogP contribution >= 0.6 is 0 Å². The van der Waals surface area contributed by atoms with Crippen LogP contribution in [-0.4, -0.2) is 0 Å². The van der Waals surface area contributed by atoms with E-state index in [1.54, 1.807) is 13.8 Å². The number of halogens is 1. The van der Waals surface area contributed by atoms with E-state index in [-0.39, 0.29) is 21.8 Å². The molecule has 2 nitrogen and oxygen atoms in total. The normalized spacial score (nSPS) is 5.43. The van der Waals surface area contributed by atoms with Crippen molar-refractivity contribution in [3.05, 3.63) is 6.12 Å². The average molecular weight is 209 g/mol. The first-order valence-corrected chi connectivity index (χ1v) is 3.72. The van der Waals surface area contributed by atoms with Crippen molar-refractivity contribution in [2.45, 2.75) is 13.8 Å². The summed E-state index contributed by atoms with van der Waals surface area (Å²) in [5, 5.41) is 0. The molecule has 0 unspecified atom stereocenters.